The van der Waals surface area contributed by atoms with Gasteiger partial charge in [0.2, 0.25) is 0 Å². The normalized spacial score (nSPS) is 12.8. The fraction of sp³-hybridized carbons (Fsp3) is 0.467. The zero-order valence-electron chi connectivity index (χ0n) is 12.2. The number of nitrogens with zero attached hydrogens (tertiary/aromatic N) is 3. The van der Waals surface area contributed by atoms with Crippen LogP contribution in [0.3, 0.4) is 0 Å². The Morgan fingerprint density at radius 3 is 2.65 bits per heavy atom. The van der Waals surface area contributed by atoms with Crippen molar-refractivity contribution in [1.29, 1.82) is 0 Å². The average Bonchev–Trinajstić information content (AvgIpc) is 2.95. The maximum absolute atomic E-state index is 5.65. The molecule has 2 rings (SSSR count). The zero-order valence-corrected chi connectivity index (χ0v) is 12.2. The average molecular weight is 273 g/mol. The Labute approximate surface area is 120 Å². The third-order valence-corrected chi connectivity index (χ3v) is 3.64. The van der Waals surface area contributed by atoms with Crippen molar-refractivity contribution in [2.75, 3.05) is 0 Å². The largest absolute Gasteiger partial charge is 0.271 e. The number of hydrazine groups is 1. The monoisotopic (exact) mass is 273 g/mol. The van der Waals surface area contributed by atoms with Crippen LogP contribution in [-0.4, -0.2) is 14.8 Å². The molecular weight excluding hydrogens is 250 g/mol. The molecule has 0 aliphatic carbocycles. The number of hydrogen-bond acceptors (Lipinski definition) is 4. The van der Waals surface area contributed by atoms with E-state index >= 15 is 0 Å². The highest BCUT2D eigenvalue weighted by Crippen LogP contribution is 2.18. The molecule has 5 heteroatoms. The summed E-state index contributed by atoms with van der Waals surface area (Å²) in [4.78, 5) is 4.34. The Morgan fingerprint density at radius 2 is 2.05 bits per heavy atom. The molecule has 108 valence electrons. The summed E-state index contributed by atoms with van der Waals surface area (Å²) >= 11 is 0. The van der Waals surface area contributed by atoms with Crippen LogP contribution in [0.5, 0.6) is 0 Å². The zero-order chi connectivity index (χ0) is 14.4. The molecular formula is C15H23N5. The Balaban J connectivity index is 2.09. The third-order valence-electron chi connectivity index (χ3n) is 3.64. The molecule has 2 aromatic heterocycles. The molecule has 3 N–H and O–H groups in total. The molecule has 2 heterocycles. The molecule has 20 heavy (non-hydrogen) atoms. The summed E-state index contributed by atoms with van der Waals surface area (Å²) in [5, 5.41) is 4.66. The van der Waals surface area contributed by atoms with E-state index in [9.17, 15) is 0 Å². The molecule has 0 aliphatic heterocycles. The highest BCUT2D eigenvalue weighted by Gasteiger charge is 2.14. The molecule has 0 saturated heterocycles. The van der Waals surface area contributed by atoms with Gasteiger partial charge in [-0.1, -0.05) is 19.9 Å². The summed E-state index contributed by atoms with van der Waals surface area (Å²) in [6.07, 6.45) is 6.76. The van der Waals surface area contributed by atoms with Gasteiger partial charge in [-0.25, -0.2) is 0 Å². The first-order valence-electron chi connectivity index (χ1n) is 7.19. The van der Waals surface area contributed by atoms with Gasteiger partial charge in [0, 0.05) is 18.8 Å². The maximum atomic E-state index is 5.65. The Bertz CT molecular complexity index is 504. The van der Waals surface area contributed by atoms with Crippen LogP contribution in [0.4, 0.5) is 0 Å². The second kappa shape index (κ2) is 7.17. The van der Waals surface area contributed by atoms with Gasteiger partial charge < -0.3 is 0 Å². The number of aromatic nitrogens is 3. The van der Waals surface area contributed by atoms with E-state index in [4.69, 9.17) is 5.84 Å². The van der Waals surface area contributed by atoms with Gasteiger partial charge in [-0.3, -0.25) is 20.9 Å². The van der Waals surface area contributed by atoms with Crippen molar-refractivity contribution in [1.82, 2.24) is 20.2 Å². The van der Waals surface area contributed by atoms with E-state index in [1.165, 1.54) is 0 Å². The third kappa shape index (κ3) is 3.43. The highest BCUT2D eigenvalue weighted by atomic mass is 15.3. The second-order valence-electron chi connectivity index (χ2n) is 4.94. The van der Waals surface area contributed by atoms with Gasteiger partial charge in [0.1, 0.15) is 0 Å². The van der Waals surface area contributed by atoms with Crippen molar-refractivity contribution in [2.45, 2.75) is 45.2 Å². The van der Waals surface area contributed by atoms with E-state index in [0.29, 0.717) is 6.04 Å². The first kappa shape index (κ1) is 14.7. The summed E-state index contributed by atoms with van der Waals surface area (Å²) in [5.74, 6) is 5.65. The lowest BCUT2D eigenvalue weighted by Gasteiger charge is -2.15. The Kier molecular flexibility index (Phi) is 5.26. The van der Waals surface area contributed by atoms with E-state index in [2.05, 4.69) is 46.3 Å². The fourth-order valence-corrected chi connectivity index (χ4v) is 2.39. The molecule has 0 bridgehead atoms. The Morgan fingerprint density at radius 1 is 1.25 bits per heavy atom. The second-order valence-corrected chi connectivity index (χ2v) is 4.94. The van der Waals surface area contributed by atoms with Crippen molar-refractivity contribution in [3.05, 3.63) is 48.0 Å². The quantitative estimate of drug-likeness (QED) is 0.600. The number of hydrogen-bond donors (Lipinski definition) is 2. The first-order chi connectivity index (χ1) is 9.78. The van der Waals surface area contributed by atoms with Crippen molar-refractivity contribution >= 4 is 0 Å². The molecule has 0 saturated carbocycles. The number of nitrogens with one attached hydrogen (secondary N) is 1. The predicted octanol–water partition coefficient (Wildman–Crippen LogP) is 2.39. The van der Waals surface area contributed by atoms with Gasteiger partial charge in [-0.05, 0) is 31.0 Å². The first-order valence-corrected chi connectivity index (χ1v) is 7.19. The standard InChI is InChI=1S/C15H23N5/c1-3-13(4-2)20-10-8-12(19-20)11-15(18-16)14-7-5-6-9-17-14/h5-10,13,15,18H,3-4,11,16H2,1-2H3. The lowest BCUT2D eigenvalue weighted by Crippen LogP contribution is -2.30. The minimum atomic E-state index is -0.0127. The summed E-state index contributed by atoms with van der Waals surface area (Å²) in [6.45, 7) is 4.38. The van der Waals surface area contributed by atoms with Gasteiger partial charge in [0.15, 0.2) is 0 Å². The number of rotatable bonds is 7. The fourth-order valence-electron chi connectivity index (χ4n) is 2.39. The van der Waals surface area contributed by atoms with Gasteiger partial charge in [-0.2, -0.15) is 5.10 Å². The lowest BCUT2D eigenvalue weighted by molar-refractivity contribution is 0.422. The molecule has 0 spiro atoms. The van der Waals surface area contributed by atoms with Crippen LogP contribution in [-0.2, 0) is 6.42 Å². The van der Waals surface area contributed by atoms with Gasteiger partial charge in [0.25, 0.3) is 0 Å². The molecule has 2 aromatic rings. The highest BCUT2D eigenvalue weighted by molar-refractivity contribution is 5.12. The van der Waals surface area contributed by atoms with Crippen LogP contribution in [0.2, 0.25) is 0 Å². The van der Waals surface area contributed by atoms with Gasteiger partial charge >= 0.3 is 0 Å². The van der Waals surface area contributed by atoms with Crippen LogP contribution in [0, 0.1) is 0 Å². The van der Waals surface area contributed by atoms with Gasteiger partial charge in [-0.15, -0.1) is 0 Å². The molecule has 0 fully saturated rings. The predicted molar refractivity (Wildman–Crippen MR) is 79.9 cm³/mol. The van der Waals surface area contributed by atoms with Crippen molar-refractivity contribution in [2.24, 2.45) is 5.84 Å². The summed E-state index contributed by atoms with van der Waals surface area (Å²) < 4.78 is 2.06. The lowest BCUT2D eigenvalue weighted by atomic mass is 10.1. The number of nitrogens with two attached hydrogens (primary N) is 1. The molecule has 0 amide bonds. The molecule has 0 radical (unpaired) electrons. The van der Waals surface area contributed by atoms with Crippen LogP contribution in [0.1, 0.15) is 50.2 Å². The number of pyridine rings is 1. The molecule has 0 aliphatic rings. The van der Waals surface area contributed by atoms with Gasteiger partial charge in [0.05, 0.1) is 23.5 Å². The van der Waals surface area contributed by atoms with Crippen LogP contribution >= 0.6 is 0 Å². The summed E-state index contributed by atoms with van der Waals surface area (Å²) in [5.41, 5.74) is 4.79. The van der Waals surface area contributed by atoms with E-state index < -0.39 is 0 Å². The van der Waals surface area contributed by atoms with E-state index in [0.717, 1.165) is 30.7 Å². The minimum absolute atomic E-state index is 0.0127. The van der Waals surface area contributed by atoms with E-state index in [1.807, 2.05) is 18.2 Å². The van der Waals surface area contributed by atoms with Crippen molar-refractivity contribution in [3.63, 3.8) is 0 Å². The van der Waals surface area contributed by atoms with Crippen LogP contribution in [0.15, 0.2) is 36.7 Å². The molecule has 1 atom stereocenters. The molecule has 1 unspecified atom stereocenters. The van der Waals surface area contributed by atoms with Crippen molar-refractivity contribution in [3.8, 4) is 0 Å². The molecule has 5 nitrogen and oxygen atoms in total. The SMILES string of the molecule is CCC(CC)n1ccc(CC(NN)c2ccccn2)n1. The molecule has 0 aromatic carbocycles. The van der Waals surface area contributed by atoms with Crippen molar-refractivity contribution < 1.29 is 0 Å². The summed E-state index contributed by atoms with van der Waals surface area (Å²) in [6, 6.07) is 8.37. The van der Waals surface area contributed by atoms with E-state index in [1.54, 1.807) is 6.20 Å². The topological polar surface area (TPSA) is 68.8 Å². The minimum Gasteiger partial charge on any atom is -0.271 e. The summed E-state index contributed by atoms with van der Waals surface area (Å²) in [7, 11) is 0. The van der Waals surface area contributed by atoms with E-state index in [-0.39, 0.29) is 6.04 Å². The van der Waals surface area contributed by atoms with Crippen LogP contribution in [0.25, 0.3) is 0 Å². The maximum Gasteiger partial charge on any atom is 0.0688 e. The Hall–Kier alpha value is -1.72. The smallest absolute Gasteiger partial charge is 0.0688 e. The van der Waals surface area contributed by atoms with Crippen LogP contribution < -0.4 is 11.3 Å².